The zero-order valence-electron chi connectivity index (χ0n) is 9.17. The van der Waals surface area contributed by atoms with E-state index in [0.717, 1.165) is 12.1 Å². The van der Waals surface area contributed by atoms with Crippen LogP contribution in [0.15, 0.2) is 30.3 Å². The summed E-state index contributed by atoms with van der Waals surface area (Å²) < 4.78 is 26.8. The van der Waals surface area contributed by atoms with Gasteiger partial charge in [0.1, 0.15) is 23.3 Å². The minimum Gasteiger partial charge on any atom is -0.384 e. The highest BCUT2D eigenvalue weighted by atomic mass is 19.1. The van der Waals surface area contributed by atoms with Crippen LogP contribution in [0, 0.1) is 18.6 Å². The molecule has 1 heterocycles. The highest BCUT2D eigenvalue weighted by Crippen LogP contribution is 2.22. The highest BCUT2D eigenvalue weighted by Gasteiger charge is 2.07. The SMILES string of the molecule is Cc1cc(F)c(Nc2cccc(N)n2)cc1F. The van der Waals surface area contributed by atoms with Gasteiger partial charge >= 0.3 is 0 Å². The molecule has 3 N–H and O–H groups in total. The second-order valence-electron chi connectivity index (χ2n) is 3.65. The van der Waals surface area contributed by atoms with Crippen LogP contribution in [0.3, 0.4) is 0 Å². The summed E-state index contributed by atoms with van der Waals surface area (Å²) in [7, 11) is 0. The molecule has 2 rings (SSSR count). The maximum Gasteiger partial charge on any atom is 0.147 e. The van der Waals surface area contributed by atoms with Crippen molar-refractivity contribution in [1.82, 2.24) is 4.98 Å². The van der Waals surface area contributed by atoms with E-state index in [0.29, 0.717) is 11.6 Å². The predicted octanol–water partition coefficient (Wildman–Crippen LogP) is 2.99. The van der Waals surface area contributed by atoms with Gasteiger partial charge in [0.05, 0.1) is 5.69 Å². The van der Waals surface area contributed by atoms with Crippen LogP contribution in [-0.4, -0.2) is 4.98 Å². The van der Waals surface area contributed by atoms with E-state index in [2.05, 4.69) is 10.3 Å². The Kier molecular flexibility index (Phi) is 2.91. The third kappa shape index (κ3) is 2.50. The third-order valence-corrected chi connectivity index (χ3v) is 2.28. The van der Waals surface area contributed by atoms with Gasteiger partial charge < -0.3 is 11.1 Å². The van der Waals surface area contributed by atoms with Gasteiger partial charge in [-0.3, -0.25) is 0 Å². The fourth-order valence-corrected chi connectivity index (χ4v) is 1.40. The van der Waals surface area contributed by atoms with E-state index in [1.807, 2.05) is 0 Å². The standard InChI is InChI=1S/C12H11F2N3/c1-7-5-9(14)10(6-8(7)13)16-12-4-2-3-11(15)17-12/h2-6H,1H3,(H3,15,16,17). The lowest BCUT2D eigenvalue weighted by Gasteiger charge is -2.08. The molecule has 0 saturated carbocycles. The highest BCUT2D eigenvalue weighted by molar-refractivity contribution is 5.58. The van der Waals surface area contributed by atoms with Crippen LogP contribution in [-0.2, 0) is 0 Å². The predicted molar refractivity (Wildman–Crippen MR) is 63.0 cm³/mol. The van der Waals surface area contributed by atoms with E-state index >= 15 is 0 Å². The van der Waals surface area contributed by atoms with E-state index in [-0.39, 0.29) is 11.3 Å². The van der Waals surface area contributed by atoms with Crippen LogP contribution in [0.4, 0.5) is 26.1 Å². The fraction of sp³-hybridized carbons (Fsp3) is 0.0833. The van der Waals surface area contributed by atoms with Crippen LogP contribution < -0.4 is 11.1 Å². The summed E-state index contributed by atoms with van der Waals surface area (Å²) in [5.74, 6) is -0.332. The summed E-state index contributed by atoms with van der Waals surface area (Å²) in [5, 5.41) is 2.67. The van der Waals surface area contributed by atoms with Crippen molar-refractivity contribution in [3.8, 4) is 0 Å². The normalized spacial score (nSPS) is 10.3. The molecule has 0 aliphatic heterocycles. The van der Waals surface area contributed by atoms with Gasteiger partial charge in [-0.05, 0) is 30.7 Å². The van der Waals surface area contributed by atoms with Crippen molar-refractivity contribution in [1.29, 1.82) is 0 Å². The quantitative estimate of drug-likeness (QED) is 0.841. The Morgan fingerprint density at radius 1 is 1.18 bits per heavy atom. The minimum absolute atomic E-state index is 0.0335. The van der Waals surface area contributed by atoms with Crippen molar-refractivity contribution in [3.63, 3.8) is 0 Å². The Bertz CT molecular complexity index is 555. The van der Waals surface area contributed by atoms with Crippen molar-refractivity contribution in [2.75, 3.05) is 11.1 Å². The van der Waals surface area contributed by atoms with Crippen molar-refractivity contribution in [2.24, 2.45) is 0 Å². The molecule has 5 heteroatoms. The summed E-state index contributed by atoms with van der Waals surface area (Å²) in [6.45, 7) is 1.50. The molecule has 0 aliphatic rings. The molecule has 0 atom stereocenters. The first-order chi connectivity index (χ1) is 8.06. The van der Waals surface area contributed by atoms with Crippen molar-refractivity contribution < 1.29 is 8.78 Å². The molecule has 17 heavy (non-hydrogen) atoms. The molecular formula is C12H11F2N3. The molecule has 1 aromatic heterocycles. The number of nitrogens with one attached hydrogen (secondary N) is 1. The smallest absolute Gasteiger partial charge is 0.147 e. The monoisotopic (exact) mass is 235 g/mol. The molecule has 3 nitrogen and oxygen atoms in total. The van der Waals surface area contributed by atoms with Gasteiger partial charge in [0.15, 0.2) is 0 Å². The summed E-state index contributed by atoms with van der Waals surface area (Å²) in [5.41, 5.74) is 5.78. The van der Waals surface area contributed by atoms with Crippen LogP contribution in [0.1, 0.15) is 5.56 Å². The second-order valence-corrected chi connectivity index (χ2v) is 3.65. The van der Waals surface area contributed by atoms with Gasteiger partial charge in [0.2, 0.25) is 0 Å². The van der Waals surface area contributed by atoms with Crippen LogP contribution >= 0.6 is 0 Å². The number of halogens is 2. The van der Waals surface area contributed by atoms with Gasteiger partial charge in [0.25, 0.3) is 0 Å². The molecule has 0 unspecified atom stereocenters. The average molecular weight is 235 g/mol. The molecule has 0 fully saturated rings. The Balaban J connectivity index is 2.33. The fourth-order valence-electron chi connectivity index (χ4n) is 1.40. The second kappa shape index (κ2) is 4.37. The zero-order chi connectivity index (χ0) is 12.4. The van der Waals surface area contributed by atoms with Gasteiger partial charge in [0, 0.05) is 6.07 Å². The zero-order valence-corrected chi connectivity index (χ0v) is 9.17. The van der Waals surface area contributed by atoms with Crippen molar-refractivity contribution >= 4 is 17.3 Å². The van der Waals surface area contributed by atoms with Crippen LogP contribution in [0.25, 0.3) is 0 Å². The number of rotatable bonds is 2. The molecule has 0 radical (unpaired) electrons. The number of aryl methyl sites for hydroxylation is 1. The van der Waals surface area contributed by atoms with E-state index in [4.69, 9.17) is 5.73 Å². The molecule has 0 saturated heterocycles. The molecule has 88 valence electrons. The number of anilines is 3. The Hall–Kier alpha value is -2.17. The first-order valence-corrected chi connectivity index (χ1v) is 5.01. The van der Waals surface area contributed by atoms with E-state index in [9.17, 15) is 8.78 Å². The van der Waals surface area contributed by atoms with Crippen LogP contribution in [0.5, 0.6) is 0 Å². The summed E-state index contributed by atoms with van der Waals surface area (Å²) in [6, 6.07) is 7.12. The molecule has 0 spiro atoms. The average Bonchev–Trinajstić information content (AvgIpc) is 2.26. The lowest BCUT2D eigenvalue weighted by atomic mass is 10.2. The van der Waals surface area contributed by atoms with E-state index in [1.54, 1.807) is 18.2 Å². The third-order valence-electron chi connectivity index (χ3n) is 2.28. The summed E-state index contributed by atoms with van der Waals surface area (Å²) in [6.07, 6.45) is 0. The van der Waals surface area contributed by atoms with Gasteiger partial charge in [-0.25, -0.2) is 13.8 Å². The molecule has 1 aromatic carbocycles. The number of hydrogen-bond acceptors (Lipinski definition) is 3. The van der Waals surface area contributed by atoms with Crippen molar-refractivity contribution in [3.05, 3.63) is 47.5 Å². The minimum atomic E-state index is -0.534. The number of benzene rings is 1. The number of nitrogen functional groups attached to an aromatic ring is 1. The maximum atomic E-state index is 13.5. The number of aromatic nitrogens is 1. The van der Waals surface area contributed by atoms with Crippen LogP contribution in [0.2, 0.25) is 0 Å². The number of pyridine rings is 1. The lowest BCUT2D eigenvalue weighted by Crippen LogP contribution is -2.00. The van der Waals surface area contributed by atoms with Gasteiger partial charge in [-0.15, -0.1) is 0 Å². The topological polar surface area (TPSA) is 50.9 Å². The first kappa shape index (κ1) is 11.3. The Morgan fingerprint density at radius 3 is 2.65 bits per heavy atom. The van der Waals surface area contributed by atoms with E-state index in [1.165, 1.54) is 6.92 Å². The number of nitrogens with two attached hydrogens (primary N) is 1. The molecule has 0 aliphatic carbocycles. The lowest BCUT2D eigenvalue weighted by molar-refractivity contribution is 0.595. The molecule has 0 amide bonds. The largest absolute Gasteiger partial charge is 0.384 e. The first-order valence-electron chi connectivity index (χ1n) is 5.01. The summed E-state index contributed by atoms with van der Waals surface area (Å²) >= 11 is 0. The van der Waals surface area contributed by atoms with Gasteiger partial charge in [-0.1, -0.05) is 6.07 Å². The molecule has 2 aromatic rings. The molecular weight excluding hydrogens is 224 g/mol. The number of nitrogens with zero attached hydrogens (tertiary/aromatic N) is 1. The maximum absolute atomic E-state index is 13.5. The number of hydrogen-bond donors (Lipinski definition) is 2. The van der Waals surface area contributed by atoms with E-state index < -0.39 is 11.6 Å². The Labute approximate surface area is 97.3 Å². The summed E-state index contributed by atoms with van der Waals surface area (Å²) in [4.78, 5) is 3.94. The van der Waals surface area contributed by atoms with Crippen molar-refractivity contribution in [2.45, 2.75) is 6.92 Å². The molecule has 0 bridgehead atoms. The van der Waals surface area contributed by atoms with Gasteiger partial charge in [-0.2, -0.15) is 0 Å². The Morgan fingerprint density at radius 2 is 1.94 bits per heavy atom.